The van der Waals surface area contributed by atoms with Crippen molar-refractivity contribution in [1.82, 2.24) is 0 Å². The summed E-state index contributed by atoms with van der Waals surface area (Å²) in [4.78, 5) is 35.5. The minimum atomic E-state index is -0.457. The molecule has 0 bridgehead atoms. The van der Waals surface area contributed by atoms with Crippen LogP contribution in [-0.2, 0) is 19.1 Å². The zero-order valence-corrected chi connectivity index (χ0v) is 26.0. The Hall–Kier alpha value is -5.43. The zero-order valence-electron chi connectivity index (χ0n) is 26.0. The van der Waals surface area contributed by atoms with Crippen LogP contribution in [0.3, 0.4) is 0 Å². The Morgan fingerprint density at radius 3 is 1.70 bits per heavy atom. The standard InChI is InChI=1S/C39H38O7/c1-3-5-26-45-38(41)25-10-29-8-11-30(12-9-29)31-13-15-32(16-14-31)33-17-23-36(24-18-33)46-39(42)34-19-21-35(22-20-34)43-27-6-7-28-44-37(40)4-2/h4,8-25H,2-3,5-7,26-28H2,1H3/b25-10+. The molecule has 0 aliphatic rings. The van der Waals surface area contributed by atoms with Gasteiger partial charge in [-0.1, -0.05) is 80.6 Å². The highest BCUT2D eigenvalue weighted by atomic mass is 16.5. The summed E-state index contributed by atoms with van der Waals surface area (Å²) in [7, 11) is 0. The lowest BCUT2D eigenvalue weighted by Crippen LogP contribution is -2.08. The molecule has 0 spiro atoms. The monoisotopic (exact) mass is 618 g/mol. The fourth-order valence-electron chi connectivity index (χ4n) is 4.37. The van der Waals surface area contributed by atoms with Crippen LogP contribution in [0.2, 0.25) is 0 Å². The van der Waals surface area contributed by atoms with Gasteiger partial charge in [-0.15, -0.1) is 0 Å². The number of carbonyl (C=O) groups excluding carboxylic acids is 3. The SMILES string of the molecule is C=CC(=O)OCCCCOc1ccc(C(=O)Oc2ccc(-c3ccc(-c4ccc(/C=C/C(=O)OCCCC)cc4)cc3)cc2)cc1. The molecule has 7 heteroatoms. The summed E-state index contributed by atoms with van der Waals surface area (Å²) in [5, 5.41) is 0. The van der Waals surface area contributed by atoms with Gasteiger partial charge in [-0.05, 0) is 89.6 Å². The lowest BCUT2D eigenvalue weighted by Gasteiger charge is -2.09. The van der Waals surface area contributed by atoms with E-state index in [1.165, 1.54) is 6.08 Å². The molecule has 0 amide bonds. The van der Waals surface area contributed by atoms with E-state index in [-0.39, 0.29) is 5.97 Å². The number of esters is 3. The van der Waals surface area contributed by atoms with Gasteiger partial charge in [-0.3, -0.25) is 0 Å². The summed E-state index contributed by atoms with van der Waals surface area (Å²) in [6, 6.07) is 30.4. The third kappa shape index (κ3) is 10.6. The van der Waals surface area contributed by atoms with Crippen LogP contribution >= 0.6 is 0 Å². The second-order valence-electron chi connectivity index (χ2n) is 10.4. The van der Waals surface area contributed by atoms with Crippen molar-refractivity contribution in [2.45, 2.75) is 32.6 Å². The lowest BCUT2D eigenvalue weighted by molar-refractivity contribution is -0.138. The molecule has 236 valence electrons. The van der Waals surface area contributed by atoms with Crippen molar-refractivity contribution in [3.05, 3.63) is 127 Å². The van der Waals surface area contributed by atoms with Crippen LogP contribution in [0.5, 0.6) is 11.5 Å². The summed E-state index contributed by atoms with van der Waals surface area (Å²) in [5.74, 6) is -0.126. The molecule has 7 nitrogen and oxygen atoms in total. The minimum absolute atomic E-state index is 0.322. The smallest absolute Gasteiger partial charge is 0.343 e. The molecule has 0 aromatic heterocycles. The van der Waals surface area contributed by atoms with Crippen molar-refractivity contribution in [2.75, 3.05) is 19.8 Å². The van der Waals surface area contributed by atoms with Crippen molar-refractivity contribution in [2.24, 2.45) is 0 Å². The Morgan fingerprint density at radius 1 is 0.609 bits per heavy atom. The molecule has 0 radical (unpaired) electrons. The van der Waals surface area contributed by atoms with Gasteiger partial charge in [0.05, 0.1) is 25.4 Å². The molecule has 4 aromatic rings. The van der Waals surface area contributed by atoms with Crippen molar-refractivity contribution in [3.8, 4) is 33.8 Å². The molecule has 0 saturated heterocycles. The number of hydrogen-bond acceptors (Lipinski definition) is 7. The molecule has 0 aliphatic heterocycles. The van der Waals surface area contributed by atoms with Gasteiger partial charge in [0.25, 0.3) is 0 Å². The van der Waals surface area contributed by atoms with Gasteiger partial charge in [-0.2, -0.15) is 0 Å². The summed E-state index contributed by atoms with van der Waals surface area (Å²) in [6.07, 6.45) is 7.61. The van der Waals surface area contributed by atoms with Crippen LogP contribution in [-0.4, -0.2) is 37.7 Å². The Labute approximate surface area is 270 Å². The number of unbranched alkanes of at least 4 members (excludes halogenated alkanes) is 2. The number of rotatable bonds is 16. The highest BCUT2D eigenvalue weighted by Gasteiger charge is 2.10. The van der Waals surface area contributed by atoms with E-state index in [1.54, 1.807) is 42.5 Å². The normalized spacial score (nSPS) is 10.7. The van der Waals surface area contributed by atoms with Crippen molar-refractivity contribution >= 4 is 24.0 Å². The fourth-order valence-corrected chi connectivity index (χ4v) is 4.37. The van der Waals surface area contributed by atoms with Crippen molar-refractivity contribution in [1.29, 1.82) is 0 Å². The molecular weight excluding hydrogens is 580 g/mol. The summed E-state index contributed by atoms with van der Waals surface area (Å²) >= 11 is 0. The molecular formula is C39H38O7. The van der Waals surface area contributed by atoms with Gasteiger partial charge in [-0.25, -0.2) is 14.4 Å². The van der Waals surface area contributed by atoms with E-state index >= 15 is 0 Å². The van der Waals surface area contributed by atoms with Gasteiger partial charge in [0.1, 0.15) is 11.5 Å². The van der Waals surface area contributed by atoms with Crippen LogP contribution in [0.4, 0.5) is 0 Å². The summed E-state index contributed by atoms with van der Waals surface area (Å²) in [6.45, 7) is 6.64. The Bertz CT molecular complexity index is 1600. The first-order valence-electron chi connectivity index (χ1n) is 15.3. The van der Waals surface area contributed by atoms with Gasteiger partial charge in [0.15, 0.2) is 0 Å². The predicted octanol–water partition coefficient (Wildman–Crippen LogP) is 8.48. The van der Waals surface area contributed by atoms with E-state index in [2.05, 4.69) is 37.8 Å². The van der Waals surface area contributed by atoms with Gasteiger partial charge in [0.2, 0.25) is 0 Å². The van der Waals surface area contributed by atoms with E-state index in [4.69, 9.17) is 18.9 Å². The first-order chi connectivity index (χ1) is 22.4. The molecule has 0 unspecified atom stereocenters. The van der Waals surface area contributed by atoms with E-state index in [9.17, 15) is 14.4 Å². The van der Waals surface area contributed by atoms with Gasteiger partial charge < -0.3 is 18.9 Å². The largest absolute Gasteiger partial charge is 0.494 e. The van der Waals surface area contributed by atoms with Crippen LogP contribution < -0.4 is 9.47 Å². The number of benzene rings is 4. The zero-order chi connectivity index (χ0) is 32.6. The first kappa shape index (κ1) is 33.5. The molecule has 46 heavy (non-hydrogen) atoms. The highest BCUT2D eigenvalue weighted by Crippen LogP contribution is 2.27. The maximum atomic E-state index is 12.7. The van der Waals surface area contributed by atoms with Crippen LogP contribution in [0.1, 0.15) is 48.5 Å². The molecule has 0 atom stereocenters. The van der Waals surface area contributed by atoms with Gasteiger partial charge in [0, 0.05) is 12.2 Å². The summed E-state index contributed by atoms with van der Waals surface area (Å²) < 4.78 is 21.3. The van der Waals surface area contributed by atoms with Crippen molar-refractivity contribution < 1.29 is 33.3 Å². The maximum absolute atomic E-state index is 12.7. The van der Waals surface area contributed by atoms with E-state index < -0.39 is 11.9 Å². The number of ether oxygens (including phenoxy) is 4. The average Bonchev–Trinajstić information content (AvgIpc) is 3.09. The third-order valence-corrected chi connectivity index (χ3v) is 6.99. The Morgan fingerprint density at radius 2 is 1.11 bits per heavy atom. The first-order valence-corrected chi connectivity index (χ1v) is 15.3. The molecule has 0 heterocycles. The predicted molar refractivity (Wildman–Crippen MR) is 180 cm³/mol. The van der Waals surface area contributed by atoms with E-state index in [1.807, 2.05) is 36.4 Å². The Balaban J connectivity index is 1.24. The summed E-state index contributed by atoms with van der Waals surface area (Å²) in [5.41, 5.74) is 5.52. The quantitative estimate of drug-likeness (QED) is 0.0539. The number of hydrogen-bond donors (Lipinski definition) is 0. The molecule has 0 N–H and O–H groups in total. The topological polar surface area (TPSA) is 88.1 Å². The van der Waals surface area contributed by atoms with Crippen LogP contribution in [0.25, 0.3) is 28.3 Å². The van der Waals surface area contributed by atoms with E-state index in [0.29, 0.717) is 43.3 Å². The molecule has 0 aliphatic carbocycles. The third-order valence-electron chi connectivity index (χ3n) is 6.99. The van der Waals surface area contributed by atoms with E-state index in [0.717, 1.165) is 53.2 Å². The molecule has 4 rings (SSSR count). The average molecular weight is 619 g/mol. The van der Waals surface area contributed by atoms with Gasteiger partial charge >= 0.3 is 17.9 Å². The van der Waals surface area contributed by atoms with Crippen LogP contribution in [0, 0.1) is 0 Å². The second kappa shape index (κ2) is 17.8. The fraction of sp³-hybridized carbons (Fsp3) is 0.205. The lowest BCUT2D eigenvalue weighted by atomic mass is 9.99. The molecule has 0 saturated carbocycles. The second-order valence-corrected chi connectivity index (χ2v) is 10.4. The molecule has 4 aromatic carbocycles. The number of carbonyl (C=O) groups is 3. The van der Waals surface area contributed by atoms with Crippen LogP contribution in [0.15, 0.2) is 116 Å². The molecule has 0 fully saturated rings. The van der Waals surface area contributed by atoms with Crippen molar-refractivity contribution in [3.63, 3.8) is 0 Å². The minimum Gasteiger partial charge on any atom is -0.494 e. The maximum Gasteiger partial charge on any atom is 0.343 e. The highest BCUT2D eigenvalue weighted by molar-refractivity contribution is 5.91. The Kier molecular flexibility index (Phi) is 12.9.